The highest BCUT2D eigenvalue weighted by Crippen LogP contribution is 2.36. The number of ether oxygens (including phenoxy) is 3. The predicted molar refractivity (Wildman–Crippen MR) is 137 cm³/mol. The maximum Gasteiger partial charge on any atom is 0.162 e. The third kappa shape index (κ3) is 6.00. The van der Waals surface area contributed by atoms with E-state index in [1.54, 1.807) is 50.7 Å². The van der Waals surface area contributed by atoms with E-state index in [0.29, 0.717) is 39.8 Å². The van der Waals surface area contributed by atoms with Crippen LogP contribution in [0.1, 0.15) is 17.5 Å². The van der Waals surface area contributed by atoms with E-state index in [0.717, 1.165) is 16.5 Å². The first-order valence-corrected chi connectivity index (χ1v) is 11.4. The van der Waals surface area contributed by atoms with Crippen molar-refractivity contribution in [2.75, 3.05) is 14.2 Å². The summed E-state index contributed by atoms with van der Waals surface area (Å²) in [7, 11) is 3.16. The van der Waals surface area contributed by atoms with Crippen molar-refractivity contribution in [1.29, 1.82) is 0 Å². The number of thiocarbonyl (C=S) groups is 1. The van der Waals surface area contributed by atoms with Crippen molar-refractivity contribution >= 4 is 33.8 Å². The second kappa shape index (κ2) is 11.1. The number of carbonyl (C=O) groups excluding carboxylic acids is 1. The van der Waals surface area contributed by atoms with Crippen molar-refractivity contribution in [1.82, 2.24) is 4.98 Å². The molecule has 0 aliphatic heterocycles. The zero-order chi connectivity index (χ0) is 24.8. The number of benzene rings is 3. The number of ketones is 1. The summed E-state index contributed by atoms with van der Waals surface area (Å²) in [5.41, 5.74) is 2.08. The fourth-order valence-corrected chi connectivity index (χ4v) is 4.09. The molecule has 4 aromatic rings. The molecule has 178 valence electrons. The maximum absolute atomic E-state index is 13.8. The topological polar surface area (TPSA) is 57.7 Å². The number of hydrogen-bond acceptors (Lipinski definition) is 6. The SMILES string of the molecule is COc1cc2nccc(Oc3ccc(CC(=S)CC(=O)Cc4ccccc4F)cc3)c2cc1OC. The Morgan fingerprint density at radius 3 is 2.34 bits per heavy atom. The molecule has 0 radical (unpaired) electrons. The largest absolute Gasteiger partial charge is 0.493 e. The minimum Gasteiger partial charge on any atom is -0.493 e. The third-order valence-electron chi connectivity index (χ3n) is 5.50. The molecule has 0 bridgehead atoms. The first kappa shape index (κ1) is 24.3. The lowest BCUT2D eigenvalue weighted by molar-refractivity contribution is -0.117. The van der Waals surface area contributed by atoms with Crippen LogP contribution in [0, 0.1) is 5.82 Å². The van der Waals surface area contributed by atoms with Crippen LogP contribution in [0.3, 0.4) is 0 Å². The standard InChI is InChI=1S/C28H24FNO4S/c1-32-27-16-23-25(17-28(27)33-2)30-12-11-26(23)34-21-9-7-18(8-10-21)13-22(35)15-20(31)14-19-5-3-4-6-24(19)29/h3-12,16-17H,13-15H2,1-2H3. The molecule has 0 aliphatic carbocycles. The number of halogens is 1. The predicted octanol–water partition coefficient (Wildman–Crippen LogP) is 6.30. The summed E-state index contributed by atoms with van der Waals surface area (Å²) in [6.45, 7) is 0. The Labute approximate surface area is 208 Å². The molecular formula is C28H24FNO4S. The molecule has 0 atom stereocenters. The Morgan fingerprint density at radius 1 is 0.914 bits per heavy atom. The molecule has 1 aromatic heterocycles. The van der Waals surface area contributed by atoms with Gasteiger partial charge in [0.25, 0.3) is 0 Å². The summed E-state index contributed by atoms with van der Waals surface area (Å²) in [6, 6.07) is 19.3. The third-order valence-corrected chi connectivity index (χ3v) is 5.79. The first-order chi connectivity index (χ1) is 17.0. The number of fused-ring (bicyclic) bond motifs is 1. The lowest BCUT2D eigenvalue weighted by atomic mass is 10.0. The Morgan fingerprint density at radius 2 is 1.63 bits per heavy atom. The van der Waals surface area contributed by atoms with Gasteiger partial charge in [-0.05, 0) is 41.5 Å². The molecule has 0 saturated carbocycles. The van der Waals surface area contributed by atoms with Gasteiger partial charge in [0.15, 0.2) is 11.5 Å². The maximum atomic E-state index is 13.8. The molecule has 0 saturated heterocycles. The molecule has 0 fully saturated rings. The molecular weight excluding hydrogens is 465 g/mol. The van der Waals surface area contributed by atoms with Gasteiger partial charge in [0.05, 0.1) is 19.7 Å². The number of nitrogens with zero attached hydrogens (tertiary/aromatic N) is 1. The van der Waals surface area contributed by atoms with Crippen LogP contribution >= 0.6 is 12.2 Å². The smallest absolute Gasteiger partial charge is 0.162 e. The van der Waals surface area contributed by atoms with E-state index in [1.165, 1.54) is 6.07 Å². The Balaban J connectivity index is 1.40. The second-order valence-electron chi connectivity index (χ2n) is 7.98. The zero-order valence-corrected chi connectivity index (χ0v) is 20.2. The molecule has 5 nitrogen and oxygen atoms in total. The fourth-order valence-electron chi connectivity index (χ4n) is 3.77. The highest BCUT2D eigenvalue weighted by atomic mass is 32.1. The van der Waals surface area contributed by atoms with Crippen molar-refractivity contribution < 1.29 is 23.4 Å². The average molecular weight is 490 g/mol. The quantitative estimate of drug-likeness (QED) is 0.244. The van der Waals surface area contributed by atoms with Gasteiger partial charge >= 0.3 is 0 Å². The van der Waals surface area contributed by atoms with Crippen LogP contribution in [0.5, 0.6) is 23.0 Å². The zero-order valence-electron chi connectivity index (χ0n) is 19.4. The number of rotatable bonds is 10. The Kier molecular flexibility index (Phi) is 7.67. The van der Waals surface area contributed by atoms with Crippen LogP contribution in [-0.2, 0) is 17.6 Å². The number of methoxy groups -OCH3 is 2. The summed E-state index contributed by atoms with van der Waals surface area (Å²) < 4.78 is 30.6. The van der Waals surface area contributed by atoms with Gasteiger partial charge < -0.3 is 14.2 Å². The molecule has 7 heteroatoms. The second-order valence-corrected chi connectivity index (χ2v) is 8.56. The minimum atomic E-state index is -0.373. The van der Waals surface area contributed by atoms with Crippen LogP contribution in [0.4, 0.5) is 4.39 Å². The normalized spacial score (nSPS) is 10.7. The molecule has 0 aliphatic rings. The highest BCUT2D eigenvalue weighted by Gasteiger charge is 2.13. The highest BCUT2D eigenvalue weighted by molar-refractivity contribution is 7.80. The molecule has 1 heterocycles. The molecule has 0 amide bonds. The Hall–Kier alpha value is -3.84. The van der Waals surface area contributed by atoms with Crippen molar-refractivity contribution in [3.63, 3.8) is 0 Å². The summed E-state index contributed by atoms with van der Waals surface area (Å²) in [5, 5.41) is 0.795. The first-order valence-electron chi connectivity index (χ1n) is 11.0. The average Bonchev–Trinajstić information content (AvgIpc) is 2.86. The summed E-state index contributed by atoms with van der Waals surface area (Å²) in [5.74, 6) is 2.00. The van der Waals surface area contributed by atoms with Gasteiger partial charge in [0, 0.05) is 41.8 Å². The fraction of sp³-hybridized carbons (Fsp3) is 0.179. The van der Waals surface area contributed by atoms with E-state index in [4.69, 9.17) is 26.4 Å². The minimum absolute atomic E-state index is 0.0378. The van der Waals surface area contributed by atoms with Gasteiger partial charge in [0.1, 0.15) is 23.1 Å². The van der Waals surface area contributed by atoms with E-state index in [2.05, 4.69) is 4.98 Å². The van der Waals surface area contributed by atoms with Crippen LogP contribution in [0.15, 0.2) is 72.9 Å². The van der Waals surface area contributed by atoms with E-state index >= 15 is 0 Å². The molecule has 0 N–H and O–H groups in total. The number of carbonyl (C=O) groups is 1. The van der Waals surface area contributed by atoms with E-state index in [-0.39, 0.29) is 24.4 Å². The lowest BCUT2D eigenvalue weighted by Gasteiger charge is -2.12. The summed E-state index contributed by atoms with van der Waals surface area (Å²) in [4.78, 5) is 17.3. The van der Waals surface area contributed by atoms with Crippen LogP contribution < -0.4 is 14.2 Å². The number of aromatic nitrogens is 1. The van der Waals surface area contributed by atoms with Gasteiger partial charge in [-0.2, -0.15) is 0 Å². The molecule has 0 unspecified atom stereocenters. The van der Waals surface area contributed by atoms with E-state index in [9.17, 15) is 9.18 Å². The molecule has 35 heavy (non-hydrogen) atoms. The summed E-state index contributed by atoms with van der Waals surface area (Å²) >= 11 is 5.42. The van der Waals surface area contributed by atoms with Gasteiger partial charge in [-0.1, -0.05) is 42.5 Å². The Bertz CT molecular complexity index is 1370. The van der Waals surface area contributed by atoms with E-state index < -0.39 is 0 Å². The van der Waals surface area contributed by atoms with Crippen molar-refractivity contribution in [3.05, 3.63) is 89.9 Å². The van der Waals surface area contributed by atoms with E-state index in [1.807, 2.05) is 30.3 Å². The summed E-state index contributed by atoms with van der Waals surface area (Å²) in [6.07, 6.45) is 2.33. The number of hydrogen-bond donors (Lipinski definition) is 0. The van der Waals surface area contributed by atoms with Gasteiger partial charge in [0.2, 0.25) is 0 Å². The van der Waals surface area contributed by atoms with Gasteiger partial charge in [-0.25, -0.2) is 4.39 Å². The number of pyridine rings is 1. The van der Waals surface area contributed by atoms with Gasteiger partial charge in [-0.3, -0.25) is 9.78 Å². The van der Waals surface area contributed by atoms with Crippen molar-refractivity contribution in [2.45, 2.75) is 19.3 Å². The van der Waals surface area contributed by atoms with Crippen molar-refractivity contribution in [3.8, 4) is 23.0 Å². The van der Waals surface area contributed by atoms with Gasteiger partial charge in [-0.15, -0.1) is 0 Å². The molecule has 4 rings (SSSR count). The van der Waals surface area contributed by atoms with Crippen LogP contribution in [0.25, 0.3) is 10.9 Å². The lowest BCUT2D eigenvalue weighted by Crippen LogP contribution is -2.11. The monoisotopic (exact) mass is 489 g/mol. The molecule has 0 spiro atoms. The van der Waals surface area contributed by atoms with Crippen LogP contribution in [0.2, 0.25) is 0 Å². The van der Waals surface area contributed by atoms with Crippen molar-refractivity contribution in [2.24, 2.45) is 0 Å². The number of Topliss-reactive ketones (excluding diaryl/α,β-unsaturated/α-hetero) is 1. The van der Waals surface area contributed by atoms with Crippen LogP contribution in [-0.4, -0.2) is 29.9 Å². The molecule has 3 aromatic carbocycles.